The molecule has 0 saturated carbocycles. The van der Waals surface area contributed by atoms with Crippen molar-refractivity contribution < 1.29 is 29.0 Å². The molecule has 2 aromatic carbocycles. The zero-order valence-electron chi connectivity index (χ0n) is 21.2. The number of amides is 3. The Balaban J connectivity index is 2.37. The van der Waals surface area contributed by atoms with Gasteiger partial charge in [0.25, 0.3) is 5.91 Å². The van der Waals surface area contributed by atoms with Crippen molar-refractivity contribution in [3.8, 4) is 5.75 Å². The Labute approximate surface area is 206 Å². The quantitative estimate of drug-likeness (QED) is 0.502. The van der Waals surface area contributed by atoms with Crippen LogP contribution in [0.1, 0.15) is 43.5 Å². The average Bonchev–Trinajstić information content (AvgIpc) is 2.79. The summed E-state index contributed by atoms with van der Waals surface area (Å²) in [5.41, 5.74) is 2.22. The molecular formula is C26H35N3O6. The van der Waals surface area contributed by atoms with Crippen molar-refractivity contribution in [2.24, 2.45) is 0 Å². The number of nitrogens with zero attached hydrogens (tertiary/aromatic N) is 1. The van der Waals surface area contributed by atoms with Crippen LogP contribution in [0.25, 0.3) is 0 Å². The third-order valence-electron chi connectivity index (χ3n) is 5.30. The lowest BCUT2D eigenvalue weighted by Crippen LogP contribution is -2.47. The number of hydrogen-bond acceptors (Lipinski definition) is 6. The number of alkyl carbamates (subject to hydrolysis) is 1. The van der Waals surface area contributed by atoms with E-state index < -0.39 is 36.1 Å². The molecule has 0 aromatic heterocycles. The summed E-state index contributed by atoms with van der Waals surface area (Å²) in [6, 6.07) is 11.3. The summed E-state index contributed by atoms with van der Waals surface area (Å²) in [6.45, 7) is 8.06. The first-order chi connectivity index (χ1) is 16.5. The van der Waals surface area contributed by atoms with Gasteiger partial charge in [0.15, 0.2) is 0 Å². The predicted molar refractivity (Wildman–Crippen MR) is 133 cm³/mol. The molecule has 0 radical (unpaired) electrons. The Morgan fingerprint density at radius 2 is 1.71 bits per heavy atom. The molecule has 2 aromatic rings. The number of nitrogens with one attached hydrogen (secondary N) is 2. The van der Waals surface area contributed by atoms with Crippen molar-refractivity contribution in [3.63, 3.8) is 0 Å². The molecule has 0 heterocycles. The minimum absolute atomic E-state index is 0.108. The molecule has 9 nitrogen and oxygen atoms in total. The molecule has 1 unspecified atom stereocenters. The number of aliphatic hydroxyl groups excluding tert-OH is 1. The summed E-state index contributed by atoms with van der Waals surface area (Å²) in [6.07, 6.45) is -0.749. The molecule has 0 aliphatic heterocycles. The number of methoxy groups -OCH3 is 1. The average molecular weight is 486 g/mol. The SMILES string of the molecule is COc1ccc(NC(=O)C(c2cccc(C)c2C)N(CCO)C(=O)CNC(=O)OC(C)(C)C)cc1. The summed E-state index contributed by atoms with van der Waals surface area (Å²) >= 11 is 0. The number of benzene rings is 2. The van der Waals surface area contributed by atoms with Crippen LogP contribution in [0.2, 0.25) is 0 Å². The monoisotopic (exact) mass is 485 g/mol. The van der Waals surface area contributed by atoms with E-state index in [1.807, 2.05) is 26.0 Å². The second-order valence-electron chi connectivity index (χ2n) is 9.08. The smallest absolute Gasteiger partial charge is 0.408 e. The fourth-order valence-corrected chi connectivity index (χ4v) is 3.47. The van der Waals surface area contributed by atoms with Crippen molar-refractivity contribution in [3.05, 3.63) is 59.2 Å². The topological polar surface area (TPSA) is 117 Å². The van der Waals surface area contributed by atoms with E-state index in [2.05, 4.69) is 10.6 Å². The largest absolute Gasteiger partial charge is 0.497 e. The number of aliphatic hydroxyl groups is 1. The van der Waals surface area contributed by atoms with Gasteiger partial charge in [-0.3, -0.25) is 9.59 Å². The molecule has 9 heteroatoms. The van der Waals surface area contributed by atoms with E-state index in [1.54, 1.807) is 58.2 Å². The number of aryl methyl sites for hydroxylation is 1. The fourth-order valence-electron chi connectivity index (χ4n) is 3.47. The van der Waals surface area contributed by atoms with Crippen LogP contribution in [0.3, 0.4) is 0 Å². The number of carbonyl (C=O) groups is 3. The highest BCUT2D eigenvalue weighted by Crippen LogP contribution is 2.28. The van der Waals surface area contributed by atoms with E-state index in [-0.39, 0.29) is 13.2 Å². The van der Waals surface area contributed by atoms with Crippen molar-refractivity contribution in [2.75, 3.05) is 32.1 Å². The van der Waals surface area contributed by atoms with Gasteiger partial charge in [-0.1, -0.05) is 18.2 Å². The summed E-state index contributed by atoms with van der Waals surface area (Å²) < 4.78 is 10.4. The maximum Gasteiger partial charge on any atom is 0.408 e. The maximum absolute atomic E-state index is 13.5. The van der Waals surface area contributed by atoms with Gasteiger partial charge in [0.1, 0.15) is 23.9 Å². The highest BCUT2D eigenvalue weighted by atomic mass is 16.6. The van der Waals surface area contributed by atoms with Crippen LogP contribution in [0.5, 0.6) is 5.75 Å². The number of carbonyl (C=O) groups excluding carboxylic acids is 3. The van der Waals surface area contributed by atoms with Crippen molar-refractivity contribution in [1.29, 1.82) is 0 Å². The van der Waals surface area contributed by atoms with Crippen LogP contribution >= 0.6 is 0 Å². The van der Waals surface area contributed by atoms with E-state index in [0.29, 0.717) is 17.0 Å². The fraction of sp³-hybridized carbons (Fsp3) is 0.423. The van der Waals surface area contributed by atoms with Gasteiger partial charge in [-0.15, -0.1) is 0 Å². The van der Waals surface area contributed by atoms with Crippen LogP contribution in [0.15, 0.2) is 42.5 Å². The third kappa shape index (κ3) is 7.99. The van der Waals surface area contributed by atoms with Crippen LogP contribution < -0.4 is 15.4 Å². The molecule has 190 valence electrons. The lowest BCUT2D eigenvalue weighted by molar-refractivity contribution is -0.138. The highest BCUT2D eigenvalue weighted by Gasteiger charge is 2.33. The highest BCUT2D eigenvalue weighted by molar-refractivity contribution is 5.98. The first kappa shape index (κ1) is 27.7. The summed E-state index contributed by atoms with van der Waals surface area (Å²) in [5.74, 6) is -0.358. The molecule has 3 amide bonds. The van der Waals surface area contributed by atoms with E-state index in [9.17, 15) is 19.5 Å². The van der Waals surface area contributed by atoms with Gasteiger partial charge in [0.2, 0.25) is 5.91 Å². The number of anilines is 1. The van der Waals surface area contributed by atoms with Gasteiger partial charge in [-0.2, -0.15) is 0 Å². The Kier molecular flexibility index (Phi) is 9.65. The summed E-state index contributed by atoms with van der Waals surface area (Å²) in [4.78, 5) is 40.1. The van der Waals surface area contributed by atoms with Crippen molar-refractivity contribution in [2.45, 2.75) is 46.3 Å². The molecule has 0 fully saturated rings. The zero-order valence-corrected chi connectivity index (χ0v) is 21.2. The van der Waals surface area contributed by atoms with Crippen LogP contribution in [0, 0.1) is 13.8 Å². The van der Waals surface area contributed by atoms with E-state index >= 15 is 0 Å². The van der Waals surface area contributed by atoms with E-state index in [1.165, 1.54) is 4.90 Å². The minimum atomic E-state index is -1.04. The van der Waals surface area contributed by atoms with Gasteiger partial charge in [0, 0.05) is 12.2 Å². The maximum atomic E-state index is 13.5. The van der Waals surface area contributed by atoms with Gasteiger partial charge in [0.05, 0.1) is 13.7 Å². The molecule has 0 spiro atoms. The lowest BCUT2D eigenvalue weighted by Gasteiger charge is -2.32. The van der Waals surface area contributed by atoms with Crippen LogP contribution in [-0.4, -0.2) is 60.3 Å². The second-order valence-corrected chi connectivity index (χ2v) is 9.08. The van der Waals surface area contributed by atoms with E-state index in [4.69, 9.17) is 9.47 Å². The minimum Gasteiger partial charge on any atom is -0.497 e. The van der Waals surface area contributed by atoms with Gasteiger partial charge < -0.3 is 30.1 Å². The Bertz CT molecular complexity index is 1030. The molecule has 1 atom stereocenters. The van der Waals surface area contributed by atoms with Crippen molar-refractivity contribution >= 4 is 23.6 Å². The lowest BCUT2D eigenvalue weighted by atomic mass is 9.95. The van der Waals surface area contributed by atoms with Crippen molar-refractivity contribution in [1.82, 2.24) is 10.2 Å². The zero-order chi connectivity index (χ0) is 26.2. The standard InChI is InChI=1S/C26H35N3O6/c1-17-8-7-9-21(18(17)2)23(24(32)28-19-10-12-20(34-6)13-11-19)29(14-15-30)22(31)16-27-25(33)35-26(3,4)5/h7-13,23,30H,14-16H2,1-6H3,(H,27,33)(H,28,32). The molecule has 0 saturated heterocycles. The third-order valence-corrected chi connectivity index (χ3v) is 5.30. The molecule has 35 heavy (non-hydrogen) atoms. The van der Waals surface area contributed by atoms with Crippen LogP contribution in [0.4, 0.5) is 10.5 Å². The molecule has 0 aliphatic rings. The summed E-state index contributed by atoms with van der Waals surface area (Å²) in [7, 11) is 1.55. The van der Waals surface area contributed by atoms with E-state index in [0.717, 1.165) is 11.1 Å². The second kappa shape index (κ2) is 12.2. The normalized spacial score (nSPS) is 11.9. The first-order valence-corrected chi connectivity index (χ1v) is 11.3. The summed E-state index contributed by atoms with van der Waals surface area (Å²) in [5, 5.41) is 15.0. The molecule has 0 bridgehead atoms. The Morgan fingerprint density at radius 1 is 1.06 bits per heavy atom. The number of hydrogen-bond donors (Lipinski definition) is 3. The van der Waals surface area contributed by atoms with Crippen LogP contribution in [-0.2, 0) is 14.3 Å². The van der Waals surface area contributed by atoms with Gasteiger partial charge in [-0.05, 0) is 75.6 Å². The number of ether oxygens (including phenoxy) is 2. The first-order valence-electron chi connectivity index (χ1n) is 11.3. The molecule has 2 rings (SSSR count). The van der Waals surface area contributed by atoms with Gasteiger partial charge in [-0.25, -0.2) is 4.79 Å². The van der Waals surface area contributed by atoms with Gasteiger partial charge >= 0.3 is 6.09 Å². The number of rotatable bonds is 9. The molecule has 3 N–H and O–H groups in total. The Morgan fingerprint density at radius 3 is 2.29 bits per heavy atom. The predicted octanol–water partition coefficient (Wildman–Crippen LogP) is 3.34. The molecular weight excluding hydrogens is 450 g/mol. The molecule has 0 aliphatic carbocycles. The Hall–Kier alpha value is -3.59.